The van der Waals surface area contributed by atoms with Gasteiger partial charge in [-0.25, -0.2) is 4.79 Å². The summed E-state index contributed by atoms with van der Waals surface area (Å²) >= 11 is 0. The van der Waals surface area contributed by atoms with E-state index in [-0.39, 0.29) is 32.8 Å². The Morgan fingerprint density at radius 3 is 2.41 bits per heavy atom. The number of rotatable bonds is 10. The fourth-order valence-corrected chi connectivity index (χ4v) is 1.65. The molecule has 1 aromatic carbocycles. The Morgan fingerprint density at radius 2 is 1.82 bits per heavy atom. The van der Waals surface area contributed by atoms with E-state index in [0.717, 1.165) is 0 Å². The van der Waals surface area contributed by atoms with Gasteiger partial charge in [0.1, 0.15) is 11.5 Å². The first-order chi connectivity index (χ1) is 10.5. The number of hydrogen-bond acceptors (Lipinski definition) is 6. The fraction of sp³-hybridized carbons (Fsp3) is 0.467. The van der Waals surface area contributed by atoms with Crippen LogP contribution in [0, 0.1) is 0 Å². The van der Waals surface area contributed by atoms with Crippen molar-refractivity contribution in [3.8, 4) is 11.5 Å². The lowest BCUT2D eigenvalue weighted by Gasteiger charge is -2.11. The van der Waals surface area contributed by atoms with Crippen LogP contribution in [0.1, 0.15) is 25.3 Å². The van der Waals surface area contributed by atoms with Crippen LogP contribution in [0.15, 0.2) is 18.2 Å². The van der Waals surface area contributed by atoms with E-state index in [1.54, 1.807) is 25.1 Å². The Kier molecular flexibility index (Phi) is 7.77. The van der Waals surface area contributed by atoms with Gasteiger partial charge in [-0.15, -0.1) is 0 Å². The predicted molar refractivity (Wildman–Crippen MR) is 76.9 cm³/mol. The summed E-state index contributed by atoms with van der Waals surface area (Å²) in [4.78, 5) is 21.7. The van der Waals surface area contributed by atoms with Crippen molar-refractivity contribution in [2.45, 2.75) is 26.4 Å². The van der Waals surface area contributed by atoms with Crippen LogP contribution in [0.2, 0.25) is 0 Å². The van der Waals surface area contributed by atoms with E-state index in [1.807, 2.05) is 0 Å². The van der Waals surface area contributed by atoms with Crippen molar-refractivity contribution in [1.82, 2.24) is 0 Å². The zero-order valence-electron chi connectivity index (χ0n) is 12.4. The van der Waals surface area contributed by atoms with Gasteiger partial charge in [0.05, 0.1) is 19.8 Å². The molecule has 7 nitrogen and oxygen atoms in total. The summed E-state index contributed by atoms with van der Waals surface area (Å²) in [6.45, 7) is 1.77. The van der Waals surface area contributed by atoms with E-state index < -0.39 is 11.9 Å². The molecule has 0 radical (unpaired) electrons. The molecule has 0 aliphatic heterocycles. The van der Waals surface area contributed by atoms with Crippen LogP contribution in [0.25, 0.3) is 0 Å². The van der Waals surface area contributed by atoms with E-state index in [2.05, 4.69) is 0 Å². The molecule has 0 aromatic heterocycles. The number of aliphatic hydroxyl groups excluding tert-OH is 1. The maximum atomic E-state index is 11.2. The number of aliphatic carboxylic acids is 1. The topological polar surface area (TPSA) is 102 Å². The van der Waals surface area contributed by atoms with Crippen molar-refractivity contribution in [3.05, 3.63) is 23.8 Å². The SMILES string of the molecule is CCOC(=O)COc1cc(CO)cc(OCCCC(=O)O)c1. The molecular formula is C15H20O7. The summed E-state index contributed by atoms with van der Waals surface area (Å²) in [5, 5.41) is 17.8. The van der Waals surface area contributed by atoms with Crippen molar-refractivity contribution in [2.75, 3.05) is 19.8 Å². The van der Waals surface area contributed by atoms with Gasteiger partial charge in [-0.3, -0.25) is 4.79 Å². The van der Waals surface area contributed by atoms with Crippen LogP contribution < -0.4 is 9.47 Å². The average Bonchev–Trinajstić information content (AvgIpc) is 2.49. The van der Waals surface area contributed by atoms with Gasteiger partial charge in [-0.1, -0.05) is 0 Å². The summed E-state index contributed by atoms with van der Waals surface area (Å²) in [6.07, 6.45) is 0.392. The lowest BCUT2D eigenvalue weighted by atomic mass is 10.2. The van der Waals surface area contributed by atoms with Crippen LogP contribution in [0.5, 0.6) is 11.5 Å². The van der Waals surface area contributed by atoms with Gasteiger partial charge in [0.25, 0.3) is 0 Å². The molecule has 0 saturated heterocycles. The van der Waals surface area contributed by atoms with Crippen LogP contribution in [-0.2, 0) is 20.9 Å². The maximum absolute atomic E-state index is 11.2. The Hall–Kier alpha value is -2.28. The molecule has 0 fully saturated rings. The first-order valence-electron chi connectivity index (χ1n) is 6.93. The second-order valence-corrected chi connectivity index (χ2v) is 4.41. The minimum absolute atomic E-state index is 0.0197. The summed E-state index contributed by atoms with van der Waals surface area (Å²) in [5.41, 5.74) is 0.564. The van der Waals surface area contributed by atoms with Crippen LogP contribution in [0.4, 0.5) is 0 Å². The fourth-order valence-electron chi connectivity index (χ4n) is 1.65. The molecule has 0 atom stereocenters. The molecule has 1 aromatic rings. The van der Waals surface area contributed by atoms with E-state index in [1.165, 1.54) is 0 Å². The van der Waals surface area contributed by atoms with Gasteiger partial charge in [-0.05, 0) is 31.0 Å². The summed E-state index contributed by atoms with van der Waals surface area (Å²) in [7, 11) is 0. The summed E-state index contributed by atoms with van der Waals surface area (Å²) in [5.74, 6) is -0.560. The molecule has 7 heteroatoms. The number of benzene rings is 1. The van der Waals surface area contributed by atoms with Gasteiger partial charge in [-0.2, -0.15) is 0 Å². The highest BCUT2D eigenvalue weighted by Gasteiger charge is 2.07. The molecule has 0 aliphatic rings. The number of carboxylic acids is 1. The monoisotopic (exact) mass is 312 g/mol. The molecule has 0 spiro atoms. The lowest BCUT2D eigenvalue weighted by Crippen LogP contribution is -2.14. The number of esters is 1. The molecule has 22 heavy (non-hydrogen) atoms. The summed E-state index contributed by atoms with van der Waals surface area (Å²) in [6, 6.07) is 4.78. The molecule has 0 bridgehead atoms. The third-order valence-electron chi connectivity index (χ3n) is 2.59. The van der Waals surface area contributed by atoms with E-state index in [9.17, 15) is 14.7 Å². The highest BCUT2D eigenvalue weighted by molar-refractivity contribution is 5.71. The smallest absolute Gasteiger partial charge is 0.344 e. The Balaban J connectivity index is 2.59. The quantitative estimate of drug-likeness (QED) is 0.497. The summed E-state index contributed by atoms with van der Waals surface area (Å²) < 4.78 is 15.5. The van der Waals surface area contributed by atoms with Gasteiger partial charge in [0.2, 0.25) is 0 Å². The standard InChI is InChI=1S/C15H20O7/c1-2-20-15(19)10-22-13-7-11(9-16)6-12(8-13)21-5-3-4-14(17)18/h6-8,16H,2-5,9-10H2,1H3,(H,17,18). The Bertz CT molecular complexity index is 499. The third-order valence-corrected chi connectivity index (χ3v) is 2.59. The van der Waals surface area contributed by atoms with E-state index in [4.69, 9.17) is 19.3 Å². The zero-order valence-corrected chi connectivity index (χ0v) is 12.4. The number of ether oxygens (including phenoxy) is 3. The first kappa shape index (κ1) is 17.8. The van der Waals surface area contributed by atoms with Crippen LogP contribution >= 0.6 is 0 Å². The average molecular weight is 312 g/mol. The molecule has 0 aliphatic carbocycles. The lowest BCUT2D eigenvalue weighted by molar-refractivity contribution is -0.145. The number of aliphatic hydroxyl groups is 1. The molecule has 0 unspecified atom stereocenters. The van der Waals surface area contributed by atoms with Crippen molar-refractivity contribution in [1.29, 1.82) is 0 Å². The van der Waals surface area contributed by atoms with Crippen LogP contribution in [0.3, 0.4) is 0 Å². The highest BCUT2D eigenvalue weighted by atomic mass is 16.6. The van der Waals surface area contributed by atoms with Crippen molar-refractivity contribution in [3.63, 3.8) is 0 Å². The normalized spacial score (nSPS) is 10.1. The molecule has 0 saturated carbocycles. The van der Waals surface area contributed by atoms with Gasteiger partial charge in [0, 0.05) is 12.5 Å². The van der Waals surface area contributed by atoms with Crippen molar-refractivity contribution >= 4 is 11.9 Å². The number of hydrogen-bond donors (Lipinski definition) is 2. The van der Waals surface area contributed by atoms with Gasteiger partial charge >= 0.3 is 11.9 Å². The van der Waals surface area contributed by atoms with E-state index in [0.29, 0.717) is 23.5 Å². The van der Waals surface area contributed by atoms with Gasteiger partial charge in [0.15, 0.2) is 6.61 Å². The Morgan fingerprint density at radius 1 is 1.14 bits per heavy atom. The maximum Gasteiger partial charge on any atom is 0.344 e. The second-order valence-electron chi connectivity index (χ2n) is 4.41. The number of carboxylic acid groups (broad SMARTS) is 1. The highest BCUT2D eigenvalue weighted by Crippen LogP contribution is 2.23. The Labute approximate surface area is 128 Å². The first-order valence-corrected chi connectivity index (χ1v) is 6.93. The van der Waals surface area contributed by atoms with Gasteiger partial charge < -0.3 is 24.4 Å². The third kappa shape index (κ3) is 6.94. The molecule has 122 valence electrons. The number of carbonyl (C=O) groups is 2. The van der Waals surface area contributed by atoms with Crippen molar-refractivity contribution < 1.29 is 34.0 Å². The predicted octanol–water partition coefficient (Wildman–Crippen LogP) is 1.36. The molecule has 1 rings (SSSR count). The largest absolute Gasteiger partial charge is 0.493 e. The second kappa shape index (κ2) is 9.62. The zero-order chi connectivity index (χ0) is 16.4. The molecule has 2 N–H and O–H groups in total. The van der Waals surface area contributed by atoms with Crippen molar-refractivity contribution in [2.24, 2.45) is 0 Å². The van der Waals surface area contributed by atoms with Crippen LogP contribution in [-0.4, -0.2) is 42.0 Å². The number of carbonyl (C=O) groups excluding carboxylic acids is 1. The molecule has 0 heterocycles. The molecular weight excluding hydrogens is 292 g/mol. The minimum atomic E-state index is -0.883. The minimum Gasteiger partial charge on any atom is -0.493 e. The van der Waals surface area contributed by atoms with E-state index >= 15 is 0 Å². The molecule has 0 amide bonds.